The highest BCUT2D eigenvalue weighted by atomic mass is 16.5. The van der Waals surface area contributed by atoms with Crippen LogP contribution in [0.4, 0.5) is 0 Å². The van der Waals surface area contributed by atoms with Gasteiger partial charge in [-0.3, -0.25) is 0 Å². The van der Waals surface area contributed by atoms with Gasteiger partial charge in [-0.1, -0.05) is 13.3 Å². The topological polar surface area (TPSA) is 9.23 Å². The third kappa shape index (κ3) is 3.24. The Bertz CT molecular complexity index is 95.0. The predicted molar refractivity (Wildman–Crippen MR) is 47.4 cm³/mol. The van der Waals surface area contributed by atoms with Gasteiger partial charge in [0.25, 0.3) is 0 Å². The molecule has 1 radical (unpaired) electrons. The van der Waals surface area contributed by atoms with Gasteiger partial charge in [0.15, 0.2) is 0 Å². The summed E-state index contributed by atoms with van der Waals surface area (Å²) in [6, 6.07) is 0. The normalized spacial score (nSPS) is 23.5. The lowest BCUT2D eigenvalue weighted by atomic mass is 9.97. The molecule has 0 heterocycles. The van der Waals surface area contributed by atoms with Gasteiger partial charge in [0.2, 0.25) is 0 Å². The maximum absolute atomic E-state index is 5.81. The lowest BCUT2D eigenvalue weighted by Crippen LogP contribution is -2.21. The highest BCUT2D eigenvalue weighted by molar-refractivity contribution is 4.78. The zero-order chi connectivity index (χ0) is 8.10. The summed E-state index contributed by atoms with van der Waals surface area (Å²) in [5, 5.41) is 0. The standard InChI is InChI=1S/C10H19O/c1-3-9(2)11-10-7-5-4-6-8-10/h5,9-10H,3-4,6-8H2,1-2H3. The van der Waals surface area contributed by atoms with Gasteiger partial charge in [0.05, 0.1) is 12.2 Å². The van der Waals surface area contributed by atoms with Crippen LogP contribution in [0.15, 0.2) is 0 Å². The van der Waals surface area contributed by atoms with E-state index in [0.29, 0.717) is 12.2 Å². The van der Waals surface area contributed by atoms with Crippen LogP contribution in [0.5, 0.6) is 0 Å². The average Bonchev–Trinajstić information content (AvgIpc) is 2.06. The van der Waals surface area contributed by atoms with E-state index < -0.39 is 0 Å². The van der Waals surface area contributed by atoms with Crippen LogP contribution in [0, 0.1) is 6.42 Å². The number of rotatable bonds is 3. The Morgan fingerprint density at radius 2 is 2.45 bits per heavy atom. The fraction of sp³-hybridized carbons (Fsp3) is 0.900. The molecule has 0 bridgehead atoms. The average molecular weight is 155 g/mol. The first-order chi connectivity index (χ1) is 5.33. The van der Waals surface area contributed by atoms with Crippen LogP contribution >= 0.6 is 0 Å². The van der Waals surface area contributed by atoms with Crippen molar-refractivity contribution >= 4 is 0 Å². The van der Waals surface area contributed by atoms with E-state index in [1.54, 1.807) is 0 Å². The molecule has 0 N–H and O–H groups in total. The van der Waals surface area contributed by atoms with Crippen LogP contribution in [0.1, 0.15) is 46.0 Å². The number of hydrogen-bond acceptors (Lipinski definition) is 1. The molecular formula is C10H19O. The van der Waals surface area contributed by atoms with Crippen LogP contribution in [0.3, 0.4) is 0 Å². The molecule has 1 fully saturated rings. The van der Waals surface area contributed by atoms with Crippen molar-refractivity contribution in [3.63, 3.8) is 0 Å². The van der Waals surface area contributed by atoms with Crippen molar-refractivity contribution in [2.24, 2.45) is 0 Å². The summed E-state index contributed by atoms with van der Waals surface area (Å²) in [7, 11) is 0. The molecule has 65 valence electrons. The van der Waals surface area contributed by atoms with Crippen molar-refractivity contribution < 1.29 is 4.74 Å². The predicted octanol–water partition coefficient (Wildman–Crippen LogP) is 2.95. The van der Waals surface area contributed by atoms with Gasteiger partial charge in [-0.05, 0) is 39.0 Å². The van der Waals surface area contributed by atoms with Crippen molar-refractivity contribution in [3.05, 3.63) is 6.42 Å². The Balaban J connectivity index is 2.13. The molecule has 2 unspecified atom stereocenters. The molecule has 1 nitrogen and oxygen atoms in total. The second-order valence-corrected chi connectivity index (χ2v) is 3.43. The zero-order valence-corrected chi connectivity index (χ0v) is 7.68. The minimum Gasteiger partial charge on any atom is -0.375 e. The van der Waals surface area contributed by atoms with E-state index in [9.17, 15) is 0 Å². The number of ether oxygens (including phenoxy) is 1. The molecule has 0 aromatic heterocycles. The molecule has 11 heavy (non-hydrogen) atoms. The Labute approximate surface area is 70.1 Å². The highest BCUT2D eigenvalue weighted by Gasteiger charge is 2.15. The minimum atomic E-state index is 0.450. The molecule has 0 aromatic rings. The van der Waals surface area contributed by atoms with E-state index in [-0.39, 0.29) is 0 Å². The van der Waals surface area contributed by atoms with Crippen LogP contribution in [-0.4, -0.2) is 12.2 Å². The molecule has 0 amide bonds. The van der Waals surface area contributed by atoms with E-state index in [0.717, 1.165) is 6.42 Å². The zero-order valence-electron chi connectivity index (χ0n) is 7.68. The lowest BCUT2D eigenvalue weighted by Gasteiger charge is -2.24. The van der Waals surface area contributed by atoms with Gasteiger partial charge in [-0.2, -0.15) is 0 Å². The second-order valence-electron chi connectivity index (χ2n) is 3.43. The molecule has 0 aromatic carbocycles. The Kier molecular flexibility index (Phi) is 3.92. The summed E-state index contributed by atoms with van der Waals surface area (Å²) < 4.78 is 5.81. The summed E-state index contributed by atoms with van der Waals surface area (Å²) in [6.45, 7) is 4.34. The maximum atomic E-state index is 5.81. The fourth-order valence-electron chi connectivity index (χ4n) is 1.46. The van der Waals surface area contributed by atoms with E-state index in [2.05, 4.69) is 20.3 Å². The molecule has 1 aliphatic carbocycles. The van der Waals surface area contributed by atoms with Crippen molar-refractivity contribution in [2.75, 3.05) is 0 Å². The lowest BCUT2D eigenvalue weighted by molar-refractivity contribution is -0.0144. The molecule has 1 heteroatoms. The molecular weight excluding hydrogens is 136 g/mol. The molecule has 1 saturated carbocycles. The Morgan fingerprint density at radius 3 is 3.00 bits per heavy atom. The number of hydrogen-bond donors (Lipinski definition) is 0. The summed E-state index contributed by atoms with van der Waals surface area (Å²) in [5.74, 6) is 0. The Morgan fingerprint density at radius 1 is 1.64 bits per heavy atom. The SMILES string of the molecule is CCC(C)OC1C[CH]CCC1. The molecule has 0 aliphatic heterocycles. The largest absolute Gasteiger partial charge is 0.375 e. The summed E-state index contributed by atoms with van der Waals surface area (Å²) in [6.07, 6.45) is 9.52. The van der Waals surface area contributed by atoms with Crippen molar-refractivity contribution in [1.29, 1.82) is 0 Å². The van der Waals surface area contributed by atoms with Gasteiger partial charge >= 0.3 is 0 Å². The third-order valence-electron chi connectivity index (χ3n) is 2.36. The van der Waals surface area contributed by atoms with E-state index in [4.69, 9.17) is 4.74 Å². The van der Waals surface area contributed by atoms with Crippen LogP contribution in [0.25, 0.3) is 0 Å². The summed E-state index contributed by atoms with van der Waals surface area (Å²) >= 11 is 0. The van der Waals surface area contributed by atoms with E-state index in [1.807, 2.05) is 0 Å². The first-order valence-corrected chi connectivity index (χ1v) is 4.80. The highest BCUT2D eigenvalue weighted by Crippen LogP contribution is 2.21. The quantitative estimate of drug-likeness (QED) is 0.609. The van der Waals surface area contributed by atoms with Crippen LogP contribution < -0.4 is 0 Å². The maximum Gasteiger partial charge on any atom is 0.0581 e. The molecule has 0 saturated heterocycles. The second kappa shape index (κ2) is 4.76. The van der Waals surface area contributed by atoms with Crippen molar-refractivity contribution in [1.82, 2.24) is 0 Å². The summed E-state index contributed by atoms with van der Waals surface area (Å²) in [5.41, 5.74) is 0. The molecule has 1 aliphatic rings. The molecule has 1 rings (SSSR count). The summed E-state index contributed by atoms with van der Waals surface area (Å²) in [4.78, 5) is 0. The fourth-order valence-corrected chi connectivity index (χ4v) is 1.46. The van der Waals surface area contributed by atoms with Gasteiger partial charge < -0.3 is 4.74 Å². The monoisotopic (exact) mass is 155 g/mol. The van der Waals surface area contributed by atoms with Crippen LogP contribution in [-0.2, 0) is 4.74 Å². The molecule has 0 spiro atoms. The van der Waals surface area contributed by atoms with Gasteiger partial charge in [-0.15, -0.1) is 0 Å². The van der Waals surface area contributed by atoms with Gasteiger partial charge in [-0.25, -0.2) is 0 Å². The third-order valence-corrected chi connectivity index (χ3v) is 2.36. The first kappa shape index (κ1) is 9.05. The smallest absolute Gasteiger partial charge is 0.0581 e. The van der Waals surface area contributed by atoms with E-state index in [1.165, 1.54) is 25.7 Å². The first-order valence-electron chi connectivity index (χ1n) is 4.80. The molecule has 2 atom stereocenters. The van der Waals surface area contributed by atoms with Crippen LogP contribution in [0.2, 0.25) is 0 Å². The van der Waals surface area contributed by atoms with E-state index >= 15 is 0 Å². The van der Waals surface area contributed by atoms with Gasteiger partial charge in [0, 0.05) is 0 Å². The van der Waals surface area contributed by atoms with Crippen molar-refractivity contribution in [3.8, 4) is 0 Å². The minimum absolute atomic E-state index is 0.450. The Hall–Kier alpha value is -0.0400. The van der Waals surface area contributed by atoms with Crippen molar-refractivity contribution in [2.45, 2.75) is 58.2 Å². The van der Waals surface area contributed by atoms with Gasteiger partial charge in [0.1, 0.15) is 0 Å².